The van der Waals surface area contributed by atoms with Crippen LogP contribution in [0.1, 0.15) is 49.9 Å². The number of halogens is 4. The average Bonchev–Trinajstić information content (AvgIpc) is 3.32. The number of hydrogen-bond donors (Lipinski definition) is 1. The molecule has 5 nitrogen and oxygen atoms in total. The first kappa shape index (κ1) is 20.7. The van der Waals surface area contributed by atoms with Gasteiger partial charge in [-0.2, -0.15) is 13.2 Å². The first-order valence-corrected chi connectivity index (χ1v) is 9.71. The van der Waals surface area contributed by atoms with Crippen LogP contribution in [0.4, 0.5) is 13.2 Å². The highest BCUT2D eigenvalue weighted by atomic mass is 35.5. The lowest BCUT2D eigenvalue weighted by atomic mass is 9.81. The fraction of sp³-hybridized carbons (Fsp3) is 0.381. The predicted molar refractivity (Wildman–Crippen MR) is 110 cm³/mol. The molecule has 5 rings (SSSR count). The molecule has 0 saturated heterocycles. The summed E-state index contributed by atoms with van der Waals surface area (Å²) in [6.07, 6.45) is 3.22. The second-order valence-corrected chi connectivity index (χ2v) is 7.77. The highest BCUT2D eigenvalue weighted by molar-refractivity contribution is 6.01. The molecule has 1 aliphatic carbocycles. The summed E-state index contributed by atoms with van der Waals surface area (Å²) in [6, 6.07) is 7.00. The number of aromatic nitrogens is 3. The SMILES string of the molecule is Cl.FC(F)(F)c1ccccc1-c1cc2nc(C3=NOC4(CCCCC4)C3)[nH]c2cn1. The second-order valence-electron chi connectivity index (χ2n) is 7.77. The minimum Gasteiger partial charge on any atom is -0.388 e. The molecule has 0 bridgehead atoms. The summed E-state index contributed by atoms with van der Waals surface area (Å²) in [4.78, 5) is 17.7. The number of alkyl halides is 3. The Morgan fingerprint density at radius 1 is 1.07 bits per heavy atom. The number of fused-ring (bicyclic) bond motifs is 1. The number of pyridine rings is 1. The topological polar surface area (TPSA) is 63.2 Å². The lowest BCUT2D eigenvalue weighted by molar-refractivity contribution is -0.137. The van der Waals surface area contributed by atoms with Crippen LogP contribution in [0.15, 0.2) is 41.7 Å². The third kappa shape index (κ3) is 3.64. The van der Waals surface area contributed by atoms with Crippen molar-refractivity contribution in [2.45, 2.75) is 50.3 Å². The van der Waals surface area contributed by atoms with E-state index in [9.17, 15) is 13.2 Å². The standard InChI is InChI=1S/C21H19F3N4O.ClH/c22-21(23,24)14-7-3-2-6-13(14)15-10-16-18(12-25-15)27-19(26-16)17-11-20(29-28-17)8-4-1-5-9-20;/h2-3,6-7,10,12H,1,4-5,8-9,11H2,(H,26,27);1H. The van der Waals surface area contributed by atoms with Gasteiger partial charge in [-0.05, 0) is 37.8 Å². The molecule has 30 heavy (non-hydrogen) atoms. The van der Waals surface area contributed by atoms with Gasteiger partial charge in [0, 0.05) is 12.0 Å². The van der Waals surface area contributed by atoms with Crippen LogP contribution in [0.5, 0.6) is 0 Å². The number of oxime groups is 1. The minimum absolute atomic E-state index is 0. The van der Waals surface area contributed by atoms with E-state index in [2.05, 4.69) is 20.1 Å². The third-order valence-electron chi connectivity index (χ3n) is 5.75. The molecule has 158 valence electrons. The Kier molecular flexibility index (Phi) is 5.22. The lowest BCUT2D eigenvalue weighted by Gasteiger charge is -2.30. The Bertz CT molecular complexity index is 1100. The van der Waals surface area contributed by atoms with E-state index in [0.717, 1.165) is 37.5 Å². The number of imidazole rings is 1. The van der Waals surface area contributed by atoms with E-state index in [1.807, 2.05) is 0 Å². The molecule has 0 amide bonds. The van der Waals surface area contributed by atoms with Gasteiger partial charge in [-0.3, -0.25) is 4.98 Å². The summed E-state index contributed by atoms with van der Waals surface area (Å²) in [5.41, 5.74) is 1.29. The van der Waals surface area contributed by atoms with Crippen molar-refractivity contribution < 1.29 is 18.0 Å². The molecule has 1 saturated carbocycles. The molecule has 0 unspecified atom stereocenters. The second kappa shape index (κ2) is 7.58. The van der Waals surface area contributed by atoms with Gasteiger partial charge in [0.05, 0.1) is 28.5 Å². The zero-order chi connectivity index (χ0) is 20.1. The van der Waals surface area contributed by atoms with Crippen LogP contribution < -0.4 is 0 Å². The molecule has 2 aliphatic rings. The molecule has 1 aliphatic heterocycles. The van der Waals surface area contributed by atoms with Gasteiger partial charge in [0.25, 0.3) is 0 Å². The maximum Gasteiger partial charge on any atom is 0.417 e. The van der Waals surface area contributed by atoms with Crippen LogP contribution in [0.25, 0.3) is 22.3 Å². The normalized spacial score (nSPS) is 18.2. The molecule has 3 aromatic rings. The quantitative estimate of drug-likeness (QED) is 0.544. The summed E-state index contributed by atoms with van der Waals surface area (Å²) in [5, 5.41) is 4.26. The van der Waals surface area contributed by atoms with Gasteiger partial charge in [-0.15, -0.1) is 12.4 Å². The van der Waals surface area contributed by atoms with Crippen molar-refractivity contribution in [3.63, 3.8) is 0 Å². The number of benzene rings is 1. The van der Waals surface area contributed by atoms with Crippen molar-refractivity contribution in [3.8, 4) is 11.3 Å². The van der Waals surface area contributed by atoms with Crippen molar-refractivity contribution in [2.24, 2.45) is 5.16 Å². The molecule has 0 atom stereocenters. The highest BCUT2D eigenvalue weighted by Crippen LogP contribution is 2.40. The van der Waals surface area contributed by atoms with Crippen LogP contribution in [0.3, 0.4) is 0 Å². The Morgan fingerprint density at radius 2 is 1.83 bits per heavy atom. The van der Waals surface area contributed by atoms with Crippen LogP contribution in [-0.2, 0) is 11.0 Å². The van der Waals surface area contributed by atoms with Gasteiger partial charge in [0.1, 0.15) is 11.3 Å². The molecular weight excluding hydrogens is 417 g/mol. The number of rotatable bonds is 2. The molecule has 1 fully saturated rings. The van der Waals surface area contributed by atoms with Crippen molar-refractivity contribution >= 4 is 29.2 Å². The summed E-state index contributed by atoms with van der Waals surface area (Å²) in [7, 11) is 0. The fourth-order valence-electron chi connectivity index (χ4n) is 4.26. The summed E-state index contributed by atoms with van der Waals surface area (Å²) >= 11 is 0. The number of nitrogens with zero attached hydrogens (tertiary/aromatic N) is 3. The molecular formula is C21H20ClF3N4O. The number of nitrogens with one attached hydrogen (secondary N) is 1. The number of hydrogen-bond acceptors (Lipinski definition) is 4. The van der Waals surface area contributed by atoms with Gasteiger partial charge in [-0.1, -0.05) is 29.8 Å². The Balaban J connectivity index is 0.00000218. The van der Waals surface area contributed by atoms with Crippen molar-refractivity contribution in [1.29, 1.82) is 0 Å². The van der Waals surface area contributed by atoms with Gasteiger partial charge in [0.2, 0.25) is 0 Å². The lowest BCUT2D eigenvalue weighted by Crippen LogP contribution is -2.31. The molecule has 1 aromatic carbocycles. The summed E-state index contributed by atoms with van der Waals surface area (Å²) in [5.74, 6) is 0.588. The summed E-state index contributed by atoms with van der Waals surface area (Å²) < 4.78 is 40.1. The van der Waals surface area contributed by atoms with E-state index in [1.54, 1.807) is 12.1 Å². The third-order valence-corrected chi connectivity index (χ3v) is 5.75. The van der Waals surface area contributed by atoms with Crippen molar-refractivity contribution in [2.75, 3.05) is 0 Å². The molecule has 2 aromatic heterocycles. The van der Waals surface area contributed by atoms with E-state index in [-0.39, 0.29) is 29.3 Å². The van der Waals surface area contributed by atoms with E-state index in [4.69, 9.17) is 4.84 Å². The van der Waals surface area contributed by atoms with Gasteiger partial charge >= 0.3 is 6.18 Å². The summed E-state index contributed by atoms with van der Waals surface area (Å²) in [6.45, 7) is 0. The first-order chi connectivity index (χ1) is 13.9. The first-order valence-electron chi connectivity index (χ1n) is 9.71. The minimum atomic E-state index is -4.45. The number of H-pyrrole nitrogens is 1. The maximum atomic E-state index is 13.4. The van der Waals surface area contributed by atoms with Crippen LogP contribution >= 0.6 is 12.4 Å². The van der Waals surface area contributed by atoms with Crippen molar-refractivity contribution in [3.05, 3.63) is 47.9 Å². The molecule has 9 heteroatoms. The highest BCUT2D eigenvalue weighted by Gasteiger charge is 2.41. The van der Waals surface area contributed by atoms with E-state index >= 15 is 0 Å². The zero-order valence-electron chi connectivity index (χ0n) is 16.0. The van der Waals surface area contributed by atoms with E-state index in [0.29, 0.717) is 23.3 Å². The van der Waals surface area contributed by atoms with Crippen LogP contribution in [-0.4, -0.2) is 26.3 Å². The monoisotopic (exact) mass is 436 g/mol. The van der Waals surface area contributed by atoms with Crippen LogP contribution in [0.2, 0.25) is 0 Å². The predicted octanol–water partition coefficient (Wildman–Crippen LogP) is 5.89. The zero-order valence-corrected chi connectivity index (χ0v) is 16.8. The van der Waals surface area contributed by atoms with Gasteiger partial charge in [0.15, 0.2) is 5.82 Å². The average molecular weight is 437 g/mol. The van der Waals surface area contributed by atoms with Crippen molar-refractivity contribution in [1.82, 2.24) is 15.0 Å². The van der Waals surface area contributed by atoms with Crippen LogP contribution in [0, 0.1) is 0 Å². The molecule has 1 N–H and O–H groups in total. The number of aromatic amines is 1. The Hall–Kier alpha value is -2.61. The molecule has 0 radical (unpaired) electrons. The molecule has 1 spiro atoms. The Morgan fingerprint density at radius 3 is 2.60 bits per heavy atom. The Labute approximate surface area is 177 Å². The maximum absolute atomic E-state index is 13.4. The van der Waals surface area contributed by atoms with Gasteiger partial charge < -0.3 is 9.82 Å². The smallest absolute Gasteiger partial charge is 0.388 e. The fourth-order valence-corrected chi connectivity index (χ4v) is 4.26. The van der Waals surface area contributed by atoms with E-state index < -0.39 is 11.7 Å². The van der Waals surface area contributed by atoms with Gasteiger partial charge in [-0.25, -0.2) is 4.98 Å². The molecule has 3 heterocycles. The largest absolute Gasteiger partial charge is 0.417 e. The van der Waals surface area contributed by atoms with E-state index in [1.165, 1.54) is 24.8 Å².